The van der Waals surface area contributed by atoms with Gasteiger partial charge in [-0.3, -0.25) is 9.59 Å². The van der Waals surface area contributed by atoms with Gasteiger partial charge in [-0.05, 0) is 31.0 Å². The molecule has 0 aliphatic carbocycles. The Morgan fingerprint density at radius 3 is 2.96 bits per heavy atom. The Kier molecular flexibility index (Phi) is 5.88. The van der Waals surface area contributed by atoms with Gasteiger partial charge in [0.15, 0.2) is 0 Å². The molecule has 1 saturated heterocycles. The van der Waals surface area contributed by atoms with E-state index in [4.69, 9.17) is 0 Å². The third-order valence-corrected chi connectivity index (χ3v) is 5.01. The van der Waals surface area contributed by atoms with E-state index in [1.807, 2.05) is 17.7 Å². The molecule has 3 rings (SSSR count). The van der Waals surface area contributed by atoms with Crippen LogP contribution in [0.4, 0.5) is 4.39 Å². The van der Waals surface area contributed by atoms with Gasteiger partial charge >= 0.3 is 0 Å². The smallest absolute Gasteiger partial charge is 0.227 e. The number of amides is 2. The summed E-state index contributed by atoms with van der Waals surface area (Å²) in [4.78, 5) is 32.8. The van der Waals surface area contributed by atoms with E-state index in [1.165, 1.54) is 12.1 Å². The number of hydrogen-bond acceptors (Lipinski definition) is 3. The quantitative estimate of drug-likeness (QED) is 0.783. The summed E-state index contributed by atoms with van der Waals surface area (Å²) < 4.78 is 15.4. The van der Waals surface area contributed by atoms with Crippen molar-refractivity contribution in [2.45, 2.75) is 39.4 Å². The Morgan fingerprint density at radius 2 is 2.22 bits per heavy atom. The van der Waals surface area contributed by atoms with Crippen LogP contribution in [0.15, 0.2) is 36.7 Å². The topological polar surface area (TPSA) is 58.4 Å². The second kappa shape index (κ2) is 8.33. The fourth-order valence-electron chi connectivity index (χ4n) is 3.51. The summed E-state index contributed by atoms with van der Waals surface area (Å²) in [7, 11) is 1.77. The molecule has 0 spiro atoms. The zero-order valence-corrected chi connectivity index (χ0v) is 15.8. The summed E-state index contributed by atoms with van der Waals surface area (Å²) in [6, 6.07) is 6.22. The minimum absolute atomic E-state index is 0.00694. The van der Waals surface area contributed by atoms with Crippen LogP contribution < -0.4 is 0 Å². The second-order valence-corrected chi connectivity index (χ2v) is 6.96. The summed E-state index contributed by atoms with van der Waals surface area (Å²) in [6.07, 6.45) is 4.51. The van der Waals surface area contributed by atoms with Crippen LogP contribution in [0.5, 0.6) is 0 Å². The number of hydrogen-bond donors (Lipinski definition) is 0. The lowest BCUT2D eigenvalue weighted by Crippen LogP contribution is -2.45. The monoisotopic (exact) mass is 372 g/mol. The van der Waals surface area contributed by atoms with E-state index in [-0.39, 0.29) is 23.5 Å². The molecule has 1 atom stereocenters. The van der Waals surface area contributed by atoms with Crippen molar-refractivity contribution < 1.29 is 14.0 Å². The first-order chi connectivity index (χ1) is 13.0. The standard InChI is InChI=1S/C20H25FN4O2/c1-3-24-10-9-22-18(24)14-23(2)20(27)16-7-8-19(26)25(13-16)12-15-5-4-6-17(21)11-15/h4-6,9-11,16H,3,7-8,12-14H2,1-2H3. The van der Waals surface area contributed by atoms with Crippen LogP contribution in [0.25, 0.3) is 0 Å². The maximum absolute atomic E-state index is 13.4. The SMILES string of the molecule is CCn1ccnc1CN(C)C(=O)C1CCC(=O)N(Cc2cccc(F)c2)C1. The van der Waals surface area contributed by atoms with E-state index >= 15 is 0 Å². The van der Waals surface area contributed by atoms with Crippen LogP contribution in [-0.2, 0) is 29.2 Å². The molecule has 0 radical (unpaired) electrons. The number of aromatic nitrogens is 2. The molecule has 2 heterocycles. The fourth-order valence-corrected chi connectivity index (χ4v) is 3.51. The number of halogens is 1. The highest BCUT2D eigenvalue weighted by Gasteiger charge is 2.32. The number of aryl methyl sites for hydroxylation is 1. The maximum Gasteiger partial charge on any atom is 0.227 e. The molecule has 2 amide bonds. The van der Waals surface area contributed by atoms with Gasteiger partial charge in [0.25, 0.3) is 0 Å². The molecule has 0 bridgehead atoms. The molecule has 1 unspecified atom stereocenters. The van der Waals surface area contributed by atoms with Gasteiger partial charge in [-0.2, -0.15) is 0 Å². The summed E-state index contributed by atoms with van der Waals surface area (Å²) in [5, 5.41) is 0. The average Bonchev–Trinajstić information content (AvgIpc) is 3.10. The van der Waals surface area contributed by atoms with E-state index in [2.05, 4.69) is 4.98 Å². The third kappa shape index (κ3) is 4.53. The maximum atomic E-state index is 13.4. The van der Waals surface area contributed by atoms with Crippen molar-refractivity contribution in [3.05, 3.63) is 53.9 Å². The summed E-state index contributed by atoms with van der Waals surface area (Å²) >= 11 is 0. The van der Waals surface area contributed by atoms with Gasteiger partial charge in [-0.1, -0.05) is 12.1 Å². The van der Waals surface area contributed by atoms with Crippen molar-refractivity contribution in [3.8, 4) is 0 Å². The van der Waals surface area contributed by atoms with Crippen LogP contribution in [0, 0.1) is 11.7 Å². The summed E-state index contributed by atoms with van der Waals surface area (Å²) in [5.41, 5.74) is 0.731. The predicted octanol–water partition coefficient (Wildman–Crippen LogP) is 2.44. The van der Waals surface area contributed by atoms with Crippen molar-refractivity contribution in [3.63, 3.8) is 0 Å². The highest BCUT2D eigenvalue weighted by molar-refractivity contribution is 5.83. The number of carbonyl (C=O) groups excluding carboxylic acids is 2. The molecule has 1 aliphatic heterocycles. The number of nitrogens with zero attached hydrogens (tertiary/aromatic N) is 4. The molecule has 0 N–H and O–H groups in total. The number of piperidine rings is 1. The number of likely N-dealkylation sites (tertiary alicyclic amines) is 1. The number of carbonyl (C=O) groups is 2. The lowest BCUT2D eigenvalue weighted by atomic mass is 9.95. The van der Waals surface area contributed by atoms with Crippen LogP contribution in [-0.4, -0.2) is 44.8 Å². The molecule has 1 aliphatic rings. The average molecular weight is 372 g/mol. The van der Waals surface area contributed by atoms with E-state index in [9.17, 15) is 14.0 Å². The van der Waals surface area contributed by atoms with Gasteiger partial charge < -0.3 is 14.4 Å². The minimum Gasteiger partial charge on any atom is -0.338 e. The minimum atomic E-state index is -0.323. The normalized spacial score (nSPS) is 17.2. The van der Waals surface area contributed by atoms with E-state index in [1.54, 1.807) is 35.2 Å². The Bertz CT molecular complexity index is 820. The Labute approximate surface area is 158 Å². The zero-order valence-electron chi connectivity index (χ0n) is 15.8. The molecule has 144 valence electrons. The molecule has 0 saturated carbocycles. The van der Waals surface area contributed by atoms with Crippen LogP contribution in [0.3, 0.4) is 0 Å². The summed E-state index contributed by atoms with van der Waals surface area (Å²) in [6.45, 7) is 3.96. The van der Waals surface area contributed by atoms with Crippen molar-refractivity contribution in [1.29, 1.82) is 0 Å². The van der Waals surface area contributed by atoms with Crippen molar-refractivity contribution in [2.24, 2.45) is 5.92 Å². The van der Waals surface area contributed by atoms with Crippen LogP contribution in [0.2, 0.25) is 0 Å². The summed E-state index contributed by atoms with van der Waals surface area (Å²) in [5.74, 6) is 0.295. The molecule has 1 aromatic heterocycles. The lowest BCUT2D eigenvalue weighted by molar-refractivity contribution is -0.143. The van der Waals surface area contributed by atoms with Gasteiger partial charge in [-0.15, -0.1) is 0 Å². The van der Waals surface area contributed by atoms with Gasteiger partial charge in [0, 0.05) is 45.5 Å². The number of imidazole rings is 1. The van der Waals surface area contributed by atoms with Crippen LogP contribution >= 0.6 is 0 Å². The predicted molar refractivity (Wildman–Crippen MR) is 98.9 cm³/mol. The number of benzene rings is 1. The first kappa shape index (κ1) is 19.1. The molecular formula is C20H25FN4O2. The molecule has 27 heavy (non-hydrogen) atoms. The van der Waals surface area contributed by atoms with Crippen LogP contribution in [0.1, 0.15) is 31.2 Å². The second-order valence-electron chi connectivity index (χ2n) is 6.96. The molecule has 6 nitrogen and oxygen atoms in total. The van der Waals surface area contributed by atoms with Crippen molar-refractivity contribution >= 4 is 11.8 Å². The third-order valence-electron chi connectivity index (χ3n) is 5.01. The van der Waals surface area contributed by atoms with Gasteiger partial charge in [0.1, 0.15) is 11.6 Å². The highest BCUT2D eigenvalue weighted by Crippen LogP contribution is 2.22. The molecule has 2 aromatic rings. The highest BCUT2D eigenvalue weighted by atomic mass is 19.1. The molecular weight excluding hydrogens is 347 g/mol. The first-order valence-electron chi connectivity index (χ1n) is 9.25. The molecule has 1 fully saturated rings. The van der Waals surface area contributed by atoms with E-state index in [0.717, 1.165) is 17.9 Å². The van der Waals surface area contributed by atoms with Crippen molar-refractivity contribution in [2.75, 3.05) is 13.6 Å². The van der Waals surface area contributed by atoms with E-state index < -0.39 is 0 Å². The Morgan fingerprint density at radius 1 is 1.41 bits per heavy atom. The van der Waals surface area contributed by atoms with Gasteiger partial charge in [0.05, 0.1) is 12.5 Å². The fraction of sp³-hybridized carbons (Fsp3) is 0.450. The Balaban J connectivity index is 1.64. The molecule has 7 heteroatoms. The Hall–Kier alpha value is -2.70. The first-order valence-corrected chi connectivity index (χ1v) is 9.25. The number of rotatable bonds is 6. The van der Waals surface area contributed by atoms with Crippen molar-refractivity contribution in [1.82, 2.24) is 19.4 Å². The largest absolute Gasteiger partial charge is 0.338 e. The van der Waals surface area contributed by atoms with Gasteiger partial charge in [0.2, 0.25) is 11.8 Å². The van der Waals surface area contributed by atoms with Gasteiger partial charge in [-0.25, -0.2) is 9.37 Å². The molecule has 1 aromatic carbocycles. The van der Waals surface area contributed by atoms with E-state index in [0.29, 0.717) is 32.5 Å². The lowest BCUT2D eigenvalue weighted by Gasteiger charge is -2.34. The zero-order chi connectivity index (χ0) is 19.4.